The molecule has 0 saturated carbocycles. The summed E-state index contributed by atoms with van der Waals surface area (Å²) >= 11 is 0. The van der Waals surface area contributed by atoms with Crippen LogP contribution in [0.5, 0.6) is 0 Å². The van der Waals surface area contributed by atoms with Crippen molar-refractivity contribution in [3.63, 3.8) is 0 Å². The molecule has 0 spiro atoms. The van der Waals surface area contributed by atoms with Crippen molar-refractivity contribution in [2.24, 2.45) is 0 Å². The van der Waals surface area contributed by atoms with Gasteiger partial charge in [-0.15, -0.1) is 0 Å². The Hall–Kier alpha value is -3.83. The maximum atomic E-state index is 12.2. The molecule has 2 aliphatic heterocycles. The smallest absolute Gasteiger partial charge is 0.305 e. The summed E-state index contributed by atoms with van der Waals surface area (Å²) < 4.78 is 49.9. The Bertz CT molecular complexity index is 1060. The van der Waals surface area contributed by atoms with Crippen LogP contribution in [-0.2, 0) is 76.2 Å². The predicted molar refractivity (Wildman–Crippen MR) is 136 cm³/mol. The lowest BCUT2D eigenvalue weighted by molar-refractivity contribution is -0.340. The van der Waals surface area contributed by atoms with E-state index in [1.165, 1.54) is 6.92 Å². The molecular weight excluding hydrogens is 582 g/mol. The number of ether oxygens (including phenoxy) is 9. The molecule has 2 saturated heterocycles. The maximum Gasteiger partial charge on any atom is 0.305 e. The summed E-state index contributed by atoms with van der Waals surface area (Å²) in [7, 11) is 0. The van der Waals surface area contributed by atoms with Gasteiger partial charge in [0.1, 0.15) is 24.9 Å². The normalized spacial score (nSPS) is 31.9. The summed E-state index contributed by atoms with van der Waals surface area (Å²) in [6.45, 7) is 8.64. The van der Waals surface area contributed by atoms with E-state index in [2.05, 4.69) is 5.32 Å². The fourth-order valence-corrected chi connectivity index (χ4v) is 4.62. The van der Waals surface area contributed by atoms with Gasteiger partial charge in [0.05, 0.1) is 6.10 Å². The van der Waals surface area contributed by atoms with E-state index in [4.69, 9.17) is 42.6 Å². The quantitative estimate of drug-likeness (QED) is 0.234. The zero-order valence-corrected chi connectivity index (χ0v) is 25.0. The number of carbonyl (C=O) groups excluding carboxylic acids is 7. The average molecular weight is 620 g/mol. The SMILES string of the molecule is CC(=O)N[C@H]1C(O[C@@H]2OC(C)[C@@H](OC(C)=O)[C@H](OC(C)=O)[C@@H]2OC(C)=O)[C@H](OC(C)=O)C(COC(C)=O)O[C@H]1OC(C)=O. The number of amides is 1. The van der Waals surface area contributed by atoms with Gasteiger partial charge in [-0.2, -0.15) is 0 Å². The Morgan fingerprint density at radius 1 is 0.558 bits per heavy atom. The Kier molecular flexibility index (Phi) is 12.8. The highest BCUT2D eigenvalue weighted by Gasteiger charge is 2.56. The van der Waals surface area contributed by atoms with Crippen LogP contribution in [0, 0.1) is 0 Å². The van der Waals surface area contributed by atoms with Crippen molar-refractivity contribution in [1.82, 2.24) is 5.32 Å². The highest BCUT2D eigenvalue weighted by molar-refractivity contribution is 5.73. The van der Waals surface area contributed by atoms with Gasteiger partial charge in [0, 0.05) is 48.5 Å². The lowest BCUT2D eigenvalue weighted by atomic mass is 9.94. The van der Waals surface area contributed by atoms with Crippen LogP contribution in [0.2, 0.25) is 0 Å². The van der Waals surface area contributed by atoms with Gasteiger partial charge in [-0.05, 0) is 6.92 Å². The molecule has 0 aliphatic carbocycles. The molecule has 0 aromatic heterocycles. The van der Waals surface area contributed by atoms with Gasteiger partial charge in [-0.3, -0.25) is 33.6 Å². The number of hydrogen-bond donors (Lipinski definition) is 1. The molecule has 0 aromatic rings. The topological polar surface area (TPSA) is 215 Å². The van der Waals surface area contributed by atoms with E-state index >= 15 is 0 Å². The number of nitrogens with one attached hydrogen (secondary N) is 1. The van der Waals surface area contributed by atoms with Gasteiger partial charge in [-0.1, -0.05) is 0 Å². The minimum atomic E-state index is -1.63. The Morgan fingerprint density at radius 2 is 1.05 bits per heavy atom. The first-order valence-electron chi connectivity index (χ1n) is 13.2. The standard InChI is InChI=1S/C26H37NO16/c1-10-20(37-13(4)30)23(39-15(6)32)24(40-16(7)33)26(36-10)43-22-19(27-11(2)28)25(41-17(8)34)42-18(9-35-12(3)29)21(22)38-14(5)31/h10,18-26H,9H2,1-8H3,(H,27,28)/t10?,18?,19-,20+,21+,22?,23-,24-,25+,26-/m0/s1. The predicted octanol–water partition coefficient (Wildman–Crippen LogP) is -0.801. The third kappa shape index (κ3) is 10.4. The summed E-state index contributed by atoms with van der Waals surface area (Å²) in [6.07, 6.45) is -12.7. The van der Waals surface area contributed by atoms with Gasteiger partial charge < -0.3 is 47.9 Å². The van der Waals surface area contributed by atoms with E-state index in [0.717, 1.165) is 48.5 Å². The molecular formula is C26H37NO16. The van der Waals surface area contributed by atoms with Crippen molar-refractivity contribution >= 4 is 41.7 Å². The number of esters is 6. The largest absolute Gasteiger partial charge is 0.463 e. The average Bonchev–Trinajstić information content (AvgIpc) is 2.84. The van der Waals surface area contributed by atoms with E-state index in [-0.39, 0.29) is 0 Å². The summed E-state index contributed by atoms with van der Waals surface area (Å²) in [4.78, 5) is 84.0. The van der Waals surface area contributed by atoms with Crippen molar-refractivity contribution in [2.45, 2.75) is 117 Å². The first-order valence-corrected chi connectivity index (χ1v) is 13.2. The molecule has 0 bridgehead atoms. The maximum absolute atomic E-state index is 12.2. The summed E-state index contributed by atoms with van der Waals surface area (Å²) in [6, 6.07) is -1.38. The Labute approximate surface area is 247 Å². The first-order chi connectivity index (χ1) is 20.0. The minimum Gasteiger partial charge on any atom is -0.463 e. The van der Waals surface area contributed by atoms with Gasteiger partial charge in [0.15, 0.2) is 30.7 Å². The Balaban J connectivity index is 2.66. The van der Waals surface area contributed by atoms with Crippen LogP contribution < -0.4 is 5.32 Å². The van der Waals surface area contributed by atoms with Gasteiger partial charge in [-0.25, -0.2) is 0 Å². The second kappa shape index (κ2) is 15.6. The lowest BCUT2D eigenvalue weighted by Crippen LogP contribution is -2.69. The summed E-state index contributed by atoms with van der Waals surface area (Å²) in [5.74, 6) is -5.43. The lowest BCUT2D eigenvalue weighted by Gasteiger charge is -2.48. The fraction of sp³-hybridized carbons (Fsp3) is 0.731. The third-order valence-electron chi connectivity index (χ3n) is 5.98. The summed E-state index contributed by atoms with van der Waals surface area (Å²) in [5.41, 5.74) is 0. The molecule has 3 unspecified atom stereocenters. The molecule has 0 radical (unpaired) electrons. The van der Waals surface area contributed by atoms with Crippen LogP contribution in [0.25, 0.3) is 0 Å². The van der Waals surface area contributed by atoms with Crippen molar-refractivity contribution < 1.29 is 76.2 Å². The van der Waals surface area contributed by atoms with E-state index in [0.29, 0.717) is 0 Å². The first kappa shape index (κ1) is 35.4. The van der Waals surface area contributed by atoms with Gasteiger partial charge >= 0.3 is 35.8 Å². The minimum absolute atomic E-state index is 0.502. The van der Waals surface area contributed by atoms with Crippen molar-refractivity contribution in [3.05, 3.63) is 0 Å². The zero-order chi connectivity index (χ0) is 32.6. The van der Waals surface area contributed by atoms with E-state index in [9.17, 15) is 33.6 Å². The van der Waals surface area contributed by atoms with Crippen LogP contribution in [-0.4, -0.2) is 110 Å². The number of carbonyl (C=O) groups is 7. The molecule has 242 valence electrons. The van der Waals surface area contributed by atoms with E-state index in [1.54, 1.807) is 0 Å². The second-order valence-corrected chi connectivity index (χ2v) is 9.79. The van der Waals surface area contributed by atoms with Crippen LogP contribution >= 0.6 is 0 Å². The molecule has 0 aromatic carbocycles. The highest BCUT2D eigenvalue weighted by atomic mass is 16.8. The van der Waals surface area contributed by atoms with Crippen LogP contribution in [0.15, 0.2) is 0 Å². The number of rotatable bonds is 10. The molecule has 2 heterocycles. The van der Waals surface area contributed by atoms with Gasteiger partial charge in [0.2, 0.25) is 12.2 Å². The highest BCUT2D eigenvalue weighted by Crippen LogP contribution is 2.34. The van der Waals surface area contributed by atoms with E-state index < -0.39 is 110 Å². The van der Waals surface area contributed by atoms with Crippen LogP contribution in [0.1, 0.15) is 55.4 Å². The van der Waals surface area contributed by atoms with E-state index in [1.807, 2.05) is 0 Å². The molecule has 2 aliphatic rings. The van der Waals surface area contributed by atoms with Crippen molar-refractivity contribution in [2.75, 3.05) is 6.61 Å². The van der Waals surface area contributed by atoms with Gasteiger partial charge in [0.25, 0.3) is 0 Å². The molecule has 1 amide bonds. The zero-order valence-electron chi connectivity index (χ0n) is 25.0. The van der Waals surface area contributed by atoms with Crippen LogP contribution in [0.3, 0.4) is 0 Å². The fourth-order valence-electron chi connectivity index (χ4n) is 4.62. The third-order valence-corrected chi connectivity index (χ3v) is 5.98. The van der Waals surface area contributed by atoms with Crippen LogP contribution in [0.4, 0.5) is 0 Å². The molecule has 17 nitrogen and oxygen atoms in total. The molecule has 10 atom stereocenters. The molecule has 43 heavy (non-hydrogen) atoms. The number of hydrogen-bond acceptors (Lipinski definition) is 16. The molecule has 2 fully saturated rings. The van der Waals surface area contributed by atoms with Crippen molar-refractivity contribution in [1.29, 1.82) is 0 Å². The Morgan fingerprint density at radius 3 is 1.53 bits per heavy atom. The second-order valence-electron chi connectivity index (χ2n) is 9.79. The monoisotopic (exact) mass is 619 g/mol. The van der Waals surface area contributed by atoms with Crippen molar-refractivity contribution in [3.8, 4) is 0 Å². The molecule has 2 rings (SSSR count). The molecule has 17 heteroatoms. The molecule has 1 N–H and O–H groups in total. The summed E-state index contributed by atoms with van der Waals surface area (Å²) in [5, 5.41) is 2.53.